The van der Waals surface area contributed by atoms with E-state index >= 15 is 0 Å². The quantitative estimate of drug-likeness (QED) is 0.699. The van der Waals surface area contributed by atoms with Crippen LogP contribution in [0.1, 0.15) is 4.88 Å². The maximum absolute atomic E-state index is 14.0. The normalized spacial score (nSPS) is 11.8. The van der Waals surface area contributed by atoms with Crippen LogP contribution in [-0.4, -0.2) is 24.0 Å². The Morgan fingerprint density at radius 1 is 1.33 bits per heavy atom. The topological polar surface area (TPSA) is 16.1 Å². The molecule has 0 spiro atoms. The van der Waals surface area contributed by atoms with Gasteiger partial charge in [-0.05, 0) is 26.2 Å². The lowest BCUT2D eigenvalue weighted by Crippen LogP contribution is -2.09. The van der Waals surface area contributed by atoms with Gasteiger partial charge in [0.1, 0.15) is 10.6 Å². The third-order valence-electron chi connectivity index (χ3n) is 2.87. The Labute approximate surface area is 109 Å². The van der Waals surface area contributed by atoms with Crippen LogP contribution in [0.5, 0.6) is 0 Å². The average Bonchev–Trinajstić information content (AvgIpc) is 2.70. The molecule has 2 heterocycles. The second-order valence-corrected chi connectivity index (χ2v) is 5.75. The van der Waals surface area contributed by atoms with Gasteiger partial charge in [-0.1, -0.05) is 12.1 Å². The second kappa shape index (κ2) is 4.30. The molecule has 0 unspecified atom stereocenters. The summed E-state index contributed by atoms with van der Waals surface area (Å²) in [7, 11) is 4.05. The van der Waals surface area contributed by atoms with E-state index in [-0.39, 0.29) is 5.82 Å². The van der Waals surface area contributed by atoms with Crippen LogP contribution in [0.15, 0.2) is 30.5 Å². The molecule has 0 fully saturated rings. The lowest BCUT2D eigenvalue weighted by molar-refractivity contribution is 0.406. The number of fused-ring (bicyclic) bond motifs is 3. The van der Waals surface area contributed by atoms with Gasteiger partial charge in [0.05, 0.1) is 0 Å². The molecular weight excluding hydrogens is 247 g/mol. The largest absolute Gasteiger partial charge is 0.304 e. The van der Waals surface area contributed by atoms with E-state index in [2.05, 4.69) is 16.0 Å². The molecule has 0 radical (unpaired) electrons. The van der Waals surface area contributed by atoms with Crippen LogP contribution in [0, 0.1) is 5.82 Å². The molecule has 0 bridgehead atoms. The molecule has 18 heavy (non-hydrogen) atoms. The Morgan fingerprint density at radius 3 is 2.94 bits per heavy atom. The Bertz CT molecular complexity index is 718. The first-order valence-electron chi connectivity index (χ1n) is 5.75. The molecule has 2 nitrogen and oxygen atoms in total. The molecule has 0 aliphatic heterocycles. The van der Waals surface area contributed by atoms with E-state index in [1.165, 1.54) is 10.9 Å². The fraction of sp³-hybridized carbons (Fsp3) is 0.214. The fourth-order valence-corrected chi connectivity index (χ4v) is 3.28. The van der Waals surface area contributed by atoms with Crippen LogP contribution < -0.4 is 0 Å². The molecule has 0 amide bonds. The molecule has 0 atom stereocenters. The van der Waals surface area contributed by atoms with E-state index in [1.54, 1.807) is 23.6 Å². The van der Waals surface area contributed by atoms with E-state index < -0.39 is 0 Å². The molecule has 0 N–H and O–H groups in total. The Balaban J connectivity index is 2.29. The van der Waals surface area contributed by atoms with Gasteiger partial charge in [0.2, 0.25) is 0 Å². The molecule has 1 aromatic carbocycles. The van der Waals surface area contributed by atoms with E-state index in [0.717, 1.165) is 22.1 Å². The third-order valence-corrected chi connectivity index (χ3v) is 3.90. The maximum Gasteiger partial charge on any atom is 0.131 e. The van der Waals surface area contributed by atoms with Gasteiger partial charge >= 0.3 is 0 Å². The third kappa shape index (κ3) is 1.87. The van der Waals surface area contributed by atoms with Crippen molar-refractivity contribution in [2.75, 3.05) is 14.1 Å². The van der Waals surface area contributed by atoms with Crippen molar-refractivity contribution in [2.24, 2.45) is 0 Å². The van der Waals surface area contributed by atoms with Gasteiger partial charge in [0.25, 0.3) is 0 Å². The van der Waals surface area contributed by atoms with Crippen LogP contribution in [0.25, 0.3) is 21.0 Å². The number of aromatic nitrogens is 1. The molecule has 0 aliphatic carbocycles. The van der Waals surface area contributed by atoms with Crippen molar-refractivity contribution in [3.8, 4) is 0 Å². The maximum atomic E-state index is 14.0. The van der Waals surface area contributed by atoms with Crippen LogP contribution >= 0.6 is 11.3 Å². The van der Waals surface area contributed by atoms with Gasteiger partial charge in [-0.25, -0.2) is 9.37 Å². The van der Waals surface area contributed by atoms with Crippen molar-refractivity contribution >= 4 is 32.3 Å². The van der Waals surface area contributed by atoms with Crippen molar-refractivity contribution in [3.63, 3.8) is 0 Å². The monoisotopic (exact) mass is 260 g/mol. The Hall–Kier alpha value is -1.52. The zero-order valence-corrected chi connectivity index (χ0v) is 11.1. The molecule has 0 saturated carbocycles. The van der Waals surface area contributed by atoms with E-state index in [9.17, 15) is 4.39 Å². The highest BCUT2D eigenvalue weighted by Gasteiger charge is 2.10. The number of hydrogen-bond acceptors (Lipinski definition) is 3. The summed E-state index contributed by atoms with van der Waals surface area (Å²) in [4.78, 5) is 8.63. The van der Waals surface area contributed by atoms with Gasteiger partial charge in [-0.3, -0.25) is 0 Å². The summed E-state index contributed by atoms with van der Waals surface area (Å²) in [6.45, 7) is 0.858. The first-order valence-corrected chi connectivity index (χ1v) is 6.57. The Kier molecular flexibility index (Phi) is 2.76. The molecule has 0 aliphatic rings. The van der Waals surface area contributed by atoms with Crippen molar-refractivity contribution in [2.45, 2.75) is 6.54 Å². The minimum absolute atomic E-state index is 0.172. The van der Waals surface area contributed by atoms with Crippen molar-refractivity contribution in [3.05, 3.63) is 41.2 Å². The zero-order chi connectivity index (χ0) is 12.7. The van der Waals surface area contributed by atoms with Gasteiger partial charge in [-0.2, -0.15) is 0 Å². The highest BCUT2D eigenvalue weighted by molar-refractivity contribution is 7.18. The van der Waals surface area contributed by atoms with E-state index in [4.69, 9.17) is 0 Å². The SMILES string of the molecule is CN(C)Cc1cc2c(ncc3cccc(F)c32)s1. The average molecular weight is 260 g/mol. The number of benzene rings is 1. The highest BCUT2D eigenvalue weighted by atomic mass is 32.1. The smallest absolute Gasteiger partial charge is 0.131 e. The molecule has 92 valence electrons. The first-order chi connectivity index (χ1) is 8.65. The number of halogens is 1. The fourth-order valence-electron chi connectivity index (χ4n) is 2.16. The second-order valence-electron chi connectivity index (χ2n) is 4.63. The minimum atomic E-state index is -0.172. The van der Waals surface area contributed by atoms with Crippen molar-refractivity contribution < 1.29 is 4.39 Å². The number of hydrogen-bond donors (Lipinski definition) is 0. The van der Waals surface area contributed by atoms with Gasteiger partial charge < -0.3 is 4.90 Å². The standard InChI is InChI=1S/C14H13FN2S/c1-17(2)8-10-6-11-13-9(4-3-5-12(13)15)7-16-14(11)18-10/h3-7H,8H2,1-2H3. The Morgan fingerprint density at radius 2 is 2.17 bits per heavy atom. The summed E-state index contributed by atoms with van der Waals surface area (Å²) in [6.07, 6.45) is 1.75. The number of rotatable bonds is 2. The van der Waals surface area contributed by atoms with Gasteiger partial charge in [-0.15, -0.1) is 11.3 Å². The van der Waals surface area contributed by atoms with Crippen LogP contribution in [0.2, 0.25) is 0 Å². The summed E-state index contributed by atoms with van der Waals surface area (Å²) >= 11 is 1.63. The molecule has 4 heteroatoms. The lowest BCUT2D eigenvalue weighted by Gasteiger charge is -2.05. The lowest BCUT2D eigenvalue weighted by atomic mass is 10.1. The van der Waals surface area contributed by atoms with Crippen LogP contribution in [0.3, 0.4) is 0 Å². The summed E-state index contributed by atoms with van der Waals surface area (Å²) in [5.41, 5.74) is 0. The van der Waals surface area contributed by atoms with Crippen LogP contribution in [-0.2, 0) is 6.54 Å². The summed E-state index contributed by atoms with van der Waals surface area (Å²) < 4.78 is 14.0. The number of thiophene rings is 1. The van der Waals surface area contributed by atoms with E-state index in [0.29, 0.717) is 5.39 Å². The van der Waals surface area contributed by atoms with Crippen molar-refractivity contribution in [1.82, 2.24) is 9.88 Å². The summed E-state index contributed by atoms with van der Waals surface area (Å²) in [5.74, 6) is -0.172. The molecule has 3 rings (SSSR count). The summed E-state index contributed by atoms with van der Waals surface area (Å²) in [5, 5.41) is 2.47. The summed E-state index contributed by atoms with van der Waals surface area (Å²) in [6, 6.07) is 7.18. The predicted molar refractivity (Wildman–Crippen MR) is 74.5 cm³/mol. The molecule has 2 aromatic heterocycles. The zero-order valence-electron chi connectivity index (χ0n) is 10.3. The first kappa shape index (κ1) is 11.6. The van der Waals surface area contributed by atoms with E-state index in [1.807, 2.05) is 20.2 Å². The number of nitrogens with zero attached hydrogens (tertiary/aromatic N) is 2. The van der Waals surface area contributed by atoms with Gasteiger partial charge in [0.15, 0.2) is 0 Å². The highest BCUT2D eigenvalue weighted by Crippen LogP contribution is 2.32. The van der Waals surface area contributed by atoms with Crippen LogP contribution in [0.4, 0.5) is 4.39 Å². The van der Waals surface area contributed by atoms with Gasteiger partial charge in [0, 0.05) is 33.8 Å². The molecule has 3 aromatic rings. The van der Waals surface area contributed by atoms with Crippen molar-refractivity contribution in [1.29, 1.82) is 0 Å². The predicted octanol–water partition coefficient (Wildman–Crippen LogP) is 3.65. The molecule has 0 saturated heterocycles. The minimum Gasteiger partial charge on any atom is -0.304 e. The number of pyridine rings is 1. The molecular formula is C14H13FN2S.